The predicted octanol–water partition coefficient (Wildman–Crippen LogP) is 3.83. The minimum Gasteiger partial charge on any atom is -0.466 e. The van der Waals surface area contributed by atoms with Gasteiger partial charge in [0.2, 0.25) is 5.95 Å². The topological polar surface area (TPSA) is 93.7 Å². The summed E-state index contributed by atoms with van der Waals surface area (Å²) >= 11 is 6.08. The molecule has 29 heavy (non-hydrogen) atoms. The monoisotopic (exact) mass is 426 g/mol. The van der Waals surface area contributed by atoms with E-state index in [0.29, 0.717) is 36.4 Å². The first-order valence-corrected chi connectivity index (χ1v) is 10.5. The number of ether oxygens (including phenoxy) is 2. The molecule has 8 nitrogen and oxygen atoms in total. The Balaban J connectivity index is 1.92. The fraction of sp³-hybridized carbons (Fsp3) is 0.700. The summed E-state index contributed by atoms with van der Waals surface area (Å²) in [6.07, 6.45) is 4.97. The zero-order chi connectivity index (χ0) is 21.4. The molecular formula is C20H31ClN4O4. The second-order valence-corrected chi connectivity index (χ2v) is 8.42. The van der Waals surface area contributed by atoms with Crippen molar-refractivity contribution in [1.29, 1.82) is 0 Å². The van der Waals surface area contributed by atoms with Crippen LogP contribution in [0.1, 0.15) is 59.1 Å². The Morgan fingerprint density at radius 2 is 2.10 bits per heavy atom. The lowest BCUT2D eigenvalue weighted by molar-refractivity contribution is -0.142. The molecular weight excluding hydrogens is 396 g/mol. The van der Waals surface area contributed by atoms with E-state index in [1.54, 1.807) is 6.92 Å². The number of aromatic nitrogens is 2. The van der Waals surface area contributed by atoms with Crippen LogP contribution in [0.3, 0.4) is 0 Å². The van der Waals surface area contributed by atoms with Crippen LogP contribution in [0.2, 0.25) is 5.02 Å². The Morgan fingerprint density at radius 1 is 1.34 bits per heavy atom. The molecule has 1 aliphatic heterocycles. The number of nitrogens with one attached hydrogen (secondary N) is 1. The molecule has 0 aromatic carbocycles. The van der Waals surface area contributed by atoms with Gasteiger partial charge in [-0.15, -0.1) is 0 Å². The fourth-order valence-corrected chi connectivity index (χ4v) is 3.33. The van der Waals surface area contributed by atoms with E-state index in [1.807, 2.05) is 25.7 Å². The van der Waals surface area contributed by atoms with Crippen molar-refractivity contribution >= 4 is 29.6 Å². The SMILES string of the molecule is CCOC(=O)Cc1nc(NCCC2CCCCN2C(=O)OC(C)(C)C)ncc1Cl. The maximum Gasteiger partial charge on any atom is 0.410 e. The predicted molar refractivity (Wildman–Crippen MR) is 111 cm³/mol. The van der Waals surface area contributed by atoms with Gasteiger partial charge in [0.1, 0.15) is 5.60 Å². The van der Waals surface area contributed by atoms with Crippen molar-refractivity contribution in [3.8, 4) is 0 Å². The van der Waals surface area contributed by atoms with E-state index in [9.17, 15) is 9.59 Å². The molecule has 1 aliphatic rings. The lowest BCUT2D eigenvalue weighted by atomic mass is 10.00. The molecule has 0 saturated carbocycles. The number of likely N-dealkylation sites (tertiary alicyclic amines) is 1. The number of amides is 1. The van der Waals surface area contributed by atoms with E-state index in [2.05, 4.69) is 15.3 Å². The largest absolute Gasteiger partial charge is 0.466 e. The number of carbonyl (C=O) groups is 2. The number of hydrogen-bond acceptors (Lipinski definition) is 7. The smallest absolute Gasteiger partial charge is 0.410 e. The maximum atomic E-state index is 12.5. The number of nitrogens with zero attached hydrogens (tertiary/aromatic N) is 3. The third-order valence-electron chi connectivity index (χ3n) is 4.45. The number of hydrogen-bond donors (Lipinski definition) is 1. The van der Waals surface area contributed by atoms with Crippen LogP contribution in [0.25, 0.3) is 0 Å². The molecule has 0 aliphatic carbocycles. The number of esters is 1. The van der Waals surface area contributed by atoms with Gasteiger partial charge < -0.3 is 19.7 Å². The minimum absolute atomic E-state index is 0.00107. The summed E-state index contributed by atoms with van der Waals surface area (Å²) in [7, 11) is 0. The standard InChI is InChI=1S/C20H31ClN4O4/c1-5-28-17(26)12-16-15(21)13-23-18(24-16)22-10-9-14-8-6-7-11-25(14)19(27)29-20(2,3)4/h13-14H,5-12H2,1-4H3,(H,22,23,24). The molecule has 0 bridgehead atoms. The first kappa shape index (κ1) is 23.2. The van der Waals surface area contributed by atoms with Crippen molar-refractivity contribution in [1.82, 2.24) is 14.9 Å². The molecule has 1 aromatic heterocycles. The van der Waals surface area contributed by atoms with Crippen LogP contribution in [0.5, 0.6) is 0 Å². The average Bonchev–Trinajstić information content (AvgIpc) is 2.63. The summed E-state index contributed by atoms with van der Waals surface area (Å²) in [6, 6.07) is 0.109. The molecule has 0 spiro atoms. The first-order valence-electron chi connectivity index (χ1n) is 10.1. The number of anilines is 1. The van der Waals surface area contributed by atoms with Gasteiger partial charge in [0.25, 0.3) is 0 Å². The second-order valence-electron chi connectivity index (χ2n) is 8.01. The molecule has 1 saturated heterocycles. The van der Waals surface area contributed by atoms with Crippen molar-refractivity contribution in [2.24, 2.45) is 0 Å². The van der Waals surface area contributed by atoms with E-state index < -0.39 is 5.60 Å². The Labute approximate surface area is 177 Å². The highest BCUT2D eigenvalue weighted by Gasteiger charge is 2.30. The number of piperidine rings is 1. The fourth-order valence-electron chi connectivity index (χ4n) is 3.17. The van der Waals surface area contributed by atoms with Crippen molar-refractivity contribution in [3.63, 3.8) is 0 Å². The zero-order valence-corrected chi connectivity index (χ0v) is 18.4. The van der Waals surface area contributed by atoms with Crippen LogP contribution in [-0.4, -0.2) is 58.3 Å². The highest BCUT2D eigenvalue weighted by Crippen LogP contribution is 2.23. The molecule has 1 aromatic rings. The van der Waals surface area contributed by atoms with Crippen LogP contribution in [-0.2, 0) is 20.7 Å². The Kier molecular flexibility index (Phi) is 8.49. The van der Waals surface area contributed by atoms with Crippen molar-refractivity contribution in [2.75, 3.05) is 25.0 Å². The summed E-state index contributed by atoms with van der Waals surface area (Å²) in [6.45, 7) is 8.97. The lowest BCUT2D eigenvalue weighted by Gasteiger charge is -2.36. The average molecular weight is 427 g/mol. The van der Waals surface area contributed by atoms with Gasteiger partial charge >= 0.3 is 12.1 Å². The van der Waals surface area contributed by atoms with Crippen molar-refractivity contribution in [2.45, 2.75) is 71.4 Å². The Bertz CT molecular complexity index is 708. The van der Waals surface area contributed by atoms with Gasteiger partial charge in [0.15, 0.2) is 0 Å². The van der Waals surface area contributed by atoms with Gasteiger partial charge in [-0.3, -0.25) is 4.79 Å². The van der Waals surface area contributed by atoms with E-state index in [0.717, 1.165) is 25.7 Å². The van der Waals surface area contributed by atoms with Gasteiger partial charge in [-0.05, 0) is 53.4 Å². The third-order valence-corrected chi connectivity index (χ3v) is 4.77. The normalized spacial score (nSPS) is 17.0. The van der Waals surface area contributed by atoms with Gasteiger partial charge in [0, 0.05) is 19.1 Å². The van der Waals surface area contributed by atoms with Crippen LogP contribution in [0, 0.1) is 0 Å². The molecule has 1 N–H and O–H groups in total. The summed E-state index contributed by atoms with van der Waals surface area (Å²) in [5, 5.41) is 3.49. The number of rotatable bonds is 7. The number of carbonyl (C=O) groups excluding carboxylic acids is 2. The molecule has 2 rings (SSSR count). The van der Waals surface area contributed by atoms with Crippen molar-refractivity contribution in [3.05, 3.63) is 16.9 Å². The van der Waals surface area contributed by atoms with Gasteiger partial charge in [-0.25, -0.2) is 14.8 Å². The van der Waals surface area contributed by atoms with Crippen molar-refractivity contribution < 1.29 is 19.1 Å². The highest BCUT2D eigenvalue weighted by molar-refractivity contribution is 6.31. The molecule has 1 fully saturated rings. The summed E-state index contributed by atoms with van der Waals surface area (Å²) in [5.41, 5.74) is -0.0836. The molecule has 162 valence electrons. The first-order chi connectivity index (χ1) is 13.7. The van der Waals surface area contributed by atoms with Gasteiger partial charge in [-0.2, -0.15) is 0 Å². The summed E-state index contributed by atoms with van der Waals surface area (Å²) in [5.74, 6) is 0.0163. The molecule has 1 unspecified atom stereocenters. The van der Waals surface area contributed by atoms with E-state index in [-0.39, 0.29) is 24.5 Å². The van der Waals surface area contributed by atoms with Gasteiger partial charge in [-0.1, -0.05) is 11.6 Å². The van der Waals surface area contributed by atoms with E-state index >= 15 is 0 Å². The van der Waals surface area contributed by atoms with E-state index in [4.69, 9.17) is 21.1 Å². The zero-order valence-electron chi connectivity index (χ0n) is 17.7. The third kappa shape index (κ3) is 7.68. The summed E-state index contributed by atoms with van der Waals surface area (Å²) in [4.78, 5) is 34.5. The summed E-state index contributed by atoms with van der Waals surface area (Å²) < 4.78 is 10.5. The second kappa shape index (κ2) is 10.6. The van der Waals surface area contributed by atoms with Crippen LogP contribution >= 0.6 is 11.6 Å². The highest BCUT2D eigenvalue weighted by atomic mass is 35.5. The quantitative estimate of drug-likeness (QED) is 0.662. The van der Waals surface area contributed by atoms with Crippen LogP contribution in [0.15, 0.2) is 6.20 Å². The molecule has 0 radical (unpaired) electrons. The minimum atomic E-state index is -0.510. The molecule has 1 amide bonds. The maximum absolute atomic E-state index is 12.5. The molecule has 2 heterocycles. The van der Waals surface area contributed by atoms with Crippen LogP contribution in [0.4, 0.5) is 10.7 Å². The van der Waals surface area contributed by atoms with E-state index in [1.165, 1.54) is 6.20 Å². The lowest BCUT2D eigenvalue weighted by Crippen LogP contribution is -2.46. The number of halogens is 1. The van der Waals surface area contributed by atoms with Crippen LogP contribution < -0.4 is 5.32 Å². The van der Waals surface area contributed by atoms with Gasteiger partial charge in [0.05, 0.1) is 29.9 Å². The Morgan fingerprint density at radius 3 is 2.79 bits per heavy atom. The molecule has 9 heteroatoms. The Hall–Kier alpha value is -2.09. The molecule has 1 atom stereocenters.